The molecule has 0 amide bonds. The van der Waals surface area contributed by atoms with Crippen molar-refractivity contribution in [1.29, 1.82) is 0 Å². The molecule has 18 heavy (non-hydrogen) atoms. The van der Waals surface area contributed by atoms with E-state index in [0.29, 0.717) is 12.1 Å². The fourth-order valence-corrected chi connectivity index (χ4v) is 3.14. The fraction of sp³-hybridized carbons (Fsp3) is 0.600. The van der Waals surface area contributed by atoms with Gasteiger partial charge in [0.2, 0.25) is 0 Å². The van der Waals surface area contributed by atoms with Crippen LogP contribution in [0, 0.1) is 0 Å². The maximum atomic E-state index is 3.69. The summed E-state index contributed by atoms with van der Waals surface area (Å²) in [6.45, 7) is 4.48. The summed E-state index contributed by atoms with van der Waals surface area (Å²) in [6.07, 6.45) is 2.43. The lowest BCUT2D eigenvalue weighted by Gasteiger charge is -2.37. The quantitative estimate of drug-likeness (QED) is 0.814. The van der Waals surface area contributed by atoms with Crippen LogP contribution in [0.3, 0.4) is 0 Å². The maximum absolute atomic E-state index is 3.69. The third-order valence-corrected chi connectivity index (χ3v) is 4.37. The highest BCUT2D eigenvalue weighted by Crippen LogP contribution is 2.19. The molecule has 0 bridgehead atoms. The minimum atomic E-state index is 0.632. The van der Waals surface area contributed by atoms with Crippen molar-refractivity contribution in [2.75, 3.05) is 26.7 Å². The molecule has 2 atom stereocenters. The summed E-state index contributed by atoms with van der Waals surface area (Å²) < 4.78 is 0. The number of benzene rings is 1. The Morgan fingerprint density at radius 3 is 2.94 bits per heavy atom. The van der Waals surface area contributed by atoms with Gasteiger partial charge in [0.1, 0.15) is 0 Å². The molecule has 0 saturated carbocycles. The van der Waals surface area contributed by atoms with Crippen molar-refractivity contribution >= 4 is 0 Å². The van der Waals surface area contributed by atoms with Crippen LogP contribution in [0.5, 0.6) is 0 Å². The van der Waals surface area contributed by atoms with Crippen molar-refractivity contribution in [3.8, 4) is 0 Å². The SMILES string of the molecule is CN1CCNCC1CC1Cc2ccccc2CN1. The molecular formula is C15H23N3. The summed E-state index contributed by atoms with van der Waals surface area (Å²) in [7, 11) is 2.25. The van der Waals surface area contributed by atoms with Crippen LogP contribution in [0.4, 0.5) is 0 Å². The molecule has 2 aliphatic rings. The Hall–Kier alpha value is -0.900. The highest BCUT2D eigenvalue weighted by Gasteiger charge is 2.25. The number of piperazine rings is 1. The average molecular weight is 245 g/mol. The van der Waals surface area contributed by atoms with Gasteiger partial charge in [-0.05, 0) is 31.0 Å². The van der Waals surface area contributed by atoms with Gasteiger partial charge in [-0.25, -0.2) is 0 Å². The summed E-state index contributed by atoms with van der Waals surface area (Å²) in [4.78, 5) is 2.50. The molecule has 1 saturated heterocycles. The van der Waals surface area contributed by atoms with Crippen molar-refractivity contribution in [1.82, 2.24) is 15.5 Å². The molecular weight excluding hydrogens is 222 g/mol. The molecule has 0 aliphatic carbocycles. The van der Waals surface area contributed by atoms with Crippen molar-refractivity contribution in [3.63, 3.8) is 0 Å². The molecule has 2 N–H and O–H groups in total. The number of nitrogens with one attached hydrogen (secondary N) is 2. The van der Waals surface area contributed by atoms with Gasteiger partial charge in [0.15, 0.2) is 0 Å². The molecule has 0 spiro atoms. The van der Waals surface area contributed by atoms with Gasteiger partial charge in [-0.2, -0.15) is 0 Å². The van der Waals surface area contributed by atoms with Gasteiger partial charge in [0, 0.05) is 38.3 Å². The molecule has 3 heteroatoms. The highest BCUT2D eigenvalue weighted by atomic mass is 15.2. The summed E-state index contributed by atoms with van der Waals surface area (Å²) in [5, 5.41) is 7.19. The third kappa shape index (κ3) is 2.58. The molecule has 1 aromatic rings. The van der Waals surface area contributed by atoms with Crippen LogP contribution < -0.4 is 10.6 Å². The van der Waals surface area contributed by atoms with Crippen LogP contribution in [-0.2, 0) is 13.0 Å². The van der Waals surface area contributed by atoms with E-state index in [9.17, 15) is 0 Å². The second kappa shape index (κ2) is 5.39. The minimum Gasteiger partial charge on any atom is -0.314 e. The first-order valence-corrected chi connectivity index (χ1v) is 7.04. The Balaban J connectivity index is 1.62. The van der Waals surface area contributed by atoms with Gasteiger partial charge in [-0.3, -0.25) is 0 Å². The number of rotatable bonds is 2. The van der Waals surface area contributed by atoms with Gasteiger partial charge in [-0.15, -0.1) is 0 Å². The van der Waals surface area contributed by atoms with Crippen LogP contribution >= 0.6 is 0 Å². The number of hydrogen-bond donors (Lipinski definition) is 2. The average Bonchev–Trinajstić information content (AvgIpc) is 2.41. The molecule has 2 heterocycles. The Morgan fingerprint density at radius 1 is 1.28 bits per heavy atom. The van der Waals surface area contributed by atoms with Crippen LogP contribution in [-0.4, -0.2) is 43.7 Å². The number of nitrogens with zero attached hydrogens (tertiary/aromatic N) is 1. The molecule has 98 valence electrons. The van der Waals surface area contributed by atoms with Crippen LogP contribution in [0.1, 0.15) is 17.5 Å². The number of fused-ring (bicyclic) bond motifs is 1. The Labute approximate surface area is 110 Å². The normalized spacial score (nSPS) is 28.9. The second-order valence-electron chi connectivity index (χ2n) is 5.62. The van der Waals surface area contributed by atoms with E-state index < -0.39 is 0 Å². The first-order valence-electron chi connectivity index (χ1n) is 7.04. The first-order chi connectivity index (χ1) is 8.83. The van der Waals surface area contributed by atoms with Gasteiger partial charge in [0.05, 0.1) is 0 Å². The van der Waals surface area contributed by atoms with Gasteiger partial charge >= 0.3 is 0 Å². The Bertz CT molecular complexity index is 404. The highest BCUT2D eigenvalue weighted by molar-refractivity contribution is 5.29. The largest absolute Gasteiger partial charge is 0.314 e. The van der Waals surface area contributed by atoms with Gasteiger partial charge in [-0.1, -0.05) is 24.3 Å². The van der Waals surface area contributed by atoms with E-state index in [-0.39, 0.29) is 0 Å². The third-order valence-electron chi connectivity index (χ3n) is 4.37. The zero-order valence-corrected chi connectivity index (χ0v) is 11.2. The molecule has 1 aromatic carbocycles. The zero-order chi connectivity index (χ0) is 12.4. The lowest BCUT2D eigenvalue weighted by atomic mass is 9.91. The van der Waals surface area contributed by atoms with E-state index in [0.717, 1.165) is 19.6 Å². The molecule has 3 rings (SSSR count). The smallest absolute Gasteiger partial charge is 0.0233 e. The van der Waals surface area contributed by atoms with E-state index >= 15 is 0 Å². The topological polar surface area (TPSA) is 27.3 Å². The molecule has 2 unspecified atom stereocenters. The maximum Gasteiger partial charge on any atom is 0.0233 e. The molecule has 0 radical (unpaired) electrons. The Kier molecular flexibility index (Phi) is 3.64. The zero-order valence-electron chi connectivity index (χ0n) is 11.2. The van der Waals surface area contributed by atoms with E-state index in [4.69, 9.17) is 0 Å². The number of hydrogen-bond acceptors (Lipinski definition) is 3. The predicted octanol–water partition coefficient (Wildman–Crippen LogP) is 0.995. The van der Waals surface area contributed by atoms with Gasteiger partial charge < -0.3 is 15.5 Å². The summed E-state index contributed by atoms with van der Waals surface area (Å²) >= 11 is 0. The minimum absolute atomic E-state index is 0.632. The van der Waals surface area contributed by atoms with Crippen LogP contribution in [0.15, 0.2) is 24.3 Å². The standard InChI is InChI=1S/C15H23N3/c1-18-7-6-16-11-15(18)9-14-8-12-4-2-3-5-13(12)10-17-14/h2-5,14-17H,6-11H2,1H3. The predicted molar refractivity (Wildman–Crippen MR) is 74.7 cm³/mol. The lowest BCUT2D eigenvalue weighted by Crippen LogP contribution is -2.52. The lowest BCUT2D eigenvalue weighted by molar-refractivity contribution is 0.174. The van der Waals surface area contributed by atoms with Crippen LogP contribution in [0.25, 0.3) is 0 Å². The molecule has 2 aliphatic heterocycles. The van der Waals surface area contributed by atoms with Gasteiger partial charge in [0.25, 0.3) is 0 Å². The summed E-state index contributed by atoms with van der Waals surface area (Å²) in [6, 6.07) is 10.1. The monoisotopic (exact) mass is 245 g/mol. The van der Waals surface area contributed by atoms with Crippen LogP contribution in [0.2, 0.25) is 0 Å². The van der Waals surface area contributed by atoms with Crippen molar-refractivity contribution < 1.29 is 0 Å². The van der Waals surface area contributed by atoms with E-state index in [2.05, 4.69) is 46.8 Å². The summed E-state index contributed by atoms with van der Waals surface area (Å²) in [5.41, 5.74) is 3.01. The molecule has 0 aromatic heterocycles. The van der Waals surface area contributed by atoms with Crippen molar-refractivity contribution in [3.05, 3.63) is 35.4 Å². The van der Waals surface area contributed by atoms with Crippen molar-refractivity contribution in [2.24, 2.45) is 0 Å². The molecule has 3 nitrogen and oxygen atoms in total. The van der Waals surface area contributed by atoms with E-state index in [1.165, 1.54) is 30.5 Å². The fourth-order valence-electron chi connectivity index (χ4n) is 3.14. The van der Waals surface area contributed by atoms with E-state index in [1.54, 1.807) is 0 Å². The first kappa shape index (κ1) is 12.2. The number of likely N-dealkylation sites (N-methyl/N-ethyl adjacent to an activating group) is 1. The van der Waals surface area contributed by atoms with E-state index in [1.807, 2.05) is 0 Å². The second-order valence-corrected chi connectivity index (χ2v) is 5.62. The van der Waals surface area contributed by atoms with Crippen molar-refractivity contribution in [2.45, 2.75) is 31.5 Å². The molecule has 1 fully saturated rings. The summed E-state index contributed by atoms with van der Waals surface area (Å²) in [5.74, 6) is 0. The Morgan fingerprint density at radius 2 is 2.11 bits per heavy atom.